The van der Waals surface area contributed by atoms with Crippen LogP contribution in [0.1, 0.15) is 38.2 Å². The monoisotopic (exact) mass is 461 g/mol. The van der Waals surface area contributed by atoms with Gasteiger partial charge in [-0.05, 0) is 25.8 Å². The van der Waals surface area contributed by atoms with Crippen LogP contribution < -0.4 is 15.4 Å². The lowest BCUT2D eigenvalue weighted by atomic mass is 9.78. The minimum atomic E-state index is 0. The van der Waals surface area contributed by atoms with Crippen molar-refractivity contribution in [2.75, 3.05) is 40.5 Å². The summed E-state index contributed by atoms with van der Waals surface area (Å²) in [6.45, 7) is 5.06. The molecule has 25 heavy (non-hydrogen) atoms. The number of hydrogen-bond acceptors (Lipinski definition) is 3. The highest BCUT2D eigenvalue weighted by atomic mass is 127. The second-order valence-corrected chi connectivity index (χ2v) is 6.24. The summed E-state index contributed by atoms with van der Waals surface area (Å²) in [6, 6.07) is 8.40. The molecule has 1 aliphatic carbocycles. The average Bonchev–Trinajstić information content (AvgIpc) is 3.11. The molecular weight excluding hydrogens is 429 g/mol. The van der Waals surface area contributed by atoms with Gasteiger partial charge in [0.15, 0.2) is 5.96 Å². The van der Waals surface area contributed by atoms with Gasteiger partial charge in [0.1, 0.15) is 5.75 Å². The molecule has 0 atom stereocenters. The summed E-state index contributed by atoms with van der Waals surface area (Å²) in [5.41, 5.74) is 1.42. The van der Waals surface area contributed by atoms with E-state index in [-0.39, 0.29) is 29.4 Å². The van der Waals surface area contributed by atoms with Crippen molar-refractivity contribution in [2.45, 2.75) is 38.0 Å². The van der Waals surface area contributed by atoms with E-state index in [9.17, 15) is 0 Å². The van der Waals surface area contributed by atoms with E-state index in [2.05, 4.69) is 33.8 Å². The third-order valence-corrected chi connectivity index (χ3v) is 4.80. The van der Waals surface area contributed by atoms with Gasteiger partial charge >= 0.3 is 0 Å². The maximum absolute atomic E-state index is 5.62. The van der Waals surface area contributed by atoms with E-state index < -0.39 is 0 Å². The van der Waals surface area contributed by atoms with Gasteiger partial charge in [-0.15, -0.1) is 24.0 Å². The van der Waals surface area contributed by atoms with Crippen LogP contribution in [0.5, 0.6) is 5.75 Å². The molecule has 1 saturated carbocycles. The van der Waals surface area contributed by atoms with Crippen molar-refractivity contribution in [1.82, 2.24) is 10.6 Å². The van der Waals surface area contributed by atoms with E-state index in [4.69, 9.17) is 9.47 Å². The first-order valence-electron chi connectivity index (χ1n) is 8.91. The zero-order valence-electron chi connectivity index (χ0n) is 15.6. The van der Waals surface area contributed by atoms with Gasteiger partial charge < -0.3 is 20.1 Å². The molecule has 0 aromatic heterocycles. The van der Waals surface area contributed by atoms with E-state index >= 15 is 0 Å². The number of halogens is 1. The molecule has 142 valence electrons. The molecule has 0 amide bonds. The van der Waals surface area contributed by atoms with Crippen LogP contribution in [0, 0.1) is 0 Å². The number of para-hydroxylation sites is 1. The van der Waals surface area contributed by atoms with E-state index in [0.29, 0.717) is 6.61 Å². The van der Waals surface area contributed by atoms with Crippen molar-refractivity contribution in [3.05, 3.63) is 29.8 Å². The van der Waals surface area contributed by atoms with Crippen LogP contribution in [-0.4, -0.2) is 46.4 Å². The van der Waals surface area contributed by atoms with Gasteiger partial charge in [-0.25, -0.2) is 0 Å². The van der Waals surface area contributed by atoms with Crippen molar-refractivity contribution in [2.24, 2.45) is 4.99 Å². The number of methoxy groups -OCH3 is 1. The lowest BCUT2D eigenvalue weighted by molar-refractivity contribution is 0.152. The number of nitrogens with one attached hydrogen (secondary N) is 2. The molecule has 0 unspecified atom stereocenters. The van der Waals surface area contributed by atoms with E-state index in [1.807, 2.05) is 13.0 Å². The Balaban J connectivity index is 0.00000312. The van der Waals surface area contributed by atoms with Gasteiger partial charge in [0.05, 0.1) is 13.7 Å². The Kier molecular flexibility index (Phi) is 10.2. The predicted molar refractivity (Wildman–Crippen MR) is 114 cm³/mol. The fourth-order valence-electron chi connectivity index (χ4n) is 3.54. The Morgan fingerprint density at radius 3 is 2.56 bits per heavy atom. The van der Waals surface area contributed by atoms with Gasteiger partial charge in [-0.2, -0.15) is 0 Å². The Labute approximate surface area is 169 Å². The summed E-state index contributed by atoms with van der Waals surface area (Å²) in [5.74, 6) is 1.82. The third kappa shape index (κ3) is 6.02. The van der Waals surface area contributed by atoms with Crippen LogP contribution in [0.4, 0.5) is 0 Å². The van der Waals surface area contributed by atoms with Gasteiger partial charge in [0.2, 0.25) is 0 Å². The molecular formula is C19H32IN3O2. The van der Waals surface area contributed by atoms with E-state index in [1.165, 1.54) is 31.2 Å². The summed E-state index contributed by atoms with van der Waals surface area (Å²) in [4.78, 5) is 4.32. The highest BCUT2D eigenvalue weighted by molar-refractivity contribution is 14.0. The molecule has 0 saturated heterocycles. The molecule has 0 heterocycles. The molecule has 0 aliphatic heterocycles. The molecule has 1 aliphatic rings. The minimum Gasteiger partial charge on any atom is -0.496 e. The molecule has 1 aromatic rings. The summed E-state index contributed by atoms with van der Waals surface area (Å²) in [7, 11) is 3.56. The first-order chi connectivity index (χ1) is 11.8. The normalized spacial score (nSPS) is 16.2. The first kappa shape index (κ1) is 22.0. The van der Waals surface area contributed by atoms with Crippen LogP contribution in [0.3, 0.4) is 0 Å². The second kappa shape index (κ2) is 11.6. The number of guanidine groups is 1. The van der Waals surface area contributed by atoms with Crippen molar-refractivity contribution < 1.29 is 9.47 Å². The molecule has 1 fully saturated rings. The van der Waals surface area contributed by atoms with E-state index in [0.717, 1.165) is 31.4 Å². The molecule has 5 nitrogen and oxygen atoms in total. The lowest BCUT2D eigenvalue weighted by Gasteiger charge is -2.32. The number of rotatable bonds is 8. The predicted octanol–water partition coefficient (Wildman–Crippen LogP) is 3.33. The van der Waals surface area contributed by atoms with Gasteiger partial charge in [0.25, 0.3) is 0 Å². The van der Waals surface area contributed by atoms with Gasteiger partial charge in [0, 0.05) is 37.7 Å². The zero-order valence-corrected chi connectivity index (χ0v) is 18.0. The van der Waals surface area contributed by atoms with Gasteiger partial charge in [-0.3, -0.25) is 4.99 Å². The van der Waals surface area contributed by atoms with Crippen molar-refractivity contribution in [3.63, 3.8) is 0 Å². The minimum absolute atomic E-state index is 0. The number of benzene rings is 1. The summed E-state index contributed by atoms with van der Waals surface area (Å²) >= 11 is 0. The van der Waals surface area contributed by atoms with Crippen molar-refractivity contribution in [1.29, 1.82) is 0 Å². The lowest BCUT2D eigenvalue weighted by Crippen LogP contribution is -2.45. The quantitative estimate of drug-likeness (QED) is 0.270. The SMILES string of the molecule is CCOCCNC(=NC)NCC1(c2ccccc2OC)CCCC1.I. The largest absolute Gasteiger partial charge is 0.496 e. The molecule has 2 N–H and O–H groups in total. The molecule has 2 rings (SSSR count). The summed E-state index contributed by atoms with van der Waals surface area (Å²) in [5, 5.41) is 6.81. The summed E-state index contributed by atoms with van der Waals surface area (Å²) < 4.78 is 11.0. The van der Waals surface area contributed by atoms with Gasteiger partial charge in [-0.1, -0.05) is 31.0 Å². The average molecular weight is 461 g/mol. The van der Waals surface area contributed by atoms with E-state index in [1.54, 1.807) is 14.2 Å². The highest BCUT2D eigenvalue weighted by Gasteiger charge is 2.37. The number of hydrogen-bond donors (Lipinski definition) is 2. The Morgan fingerprint density at radius 1 is 1.20 bits per heavy atom. The fraction of sp³-hybridized carbons (Fsp3) is 0.632. The molecule has 6 heteroatoms. The summed E-state index contributed by atoms with van der Waals surface area (Å²) in [6.07, 6.45) is 4.87. The fourth-order valence-corrected chi connectivity index (χ4v) is 3.54. The van der Waals surface area contributed by atoms with Crippen LogP contribution in [0.2, 0.25) is 0 Å². The number of ether oxygens (including phenoxy) is 2. The molecule has 0 radical (unpaired) electrons. The highest BCUT2D eigenvalue weighted by Crippen LogP contribution is 2.44. The Hall–Kier alpha value is -1.02. The van der Waals surface area contributed by atoms with Crippen LogP contribution in [-0.2, 0) is 10.2 Å². The van der Waals surface area contributed by atoms with Crippen molar-refractivity contribution >= 4 is 29.9 Å². The topological polar surface area (TPSA) is 54.9 Å². The van der Waals surface area contributed by atoms with Crippen LogP contribution >= 0.6 is 24.0 Å². The Morgan fingerprint density at radius 2 is 1.92 bits per heavy atom. The number of nitrogens with zero attached hydrogens (tertiary/aromatic N) is 1. The molecule has 0 bridgehead atoms. The standard InChI is InChI=1S/C19H31N3O2.HI/c1-4-24-14-13-21-18(20-2)22-15-19(11-7-8-12-19)16-9-5-6-10-17(16)23-3;/h5-6,9-10H,4,7-8,11-15H2,1-3H3,(H2,20,21,22);1H. The molecule has 0 spiro atoms. The Bertz CT molecular complexity index is 531. The van der Waals surface area contributed by atoms with Crippen molar-refractivity contribution in [3.8, 4) is 5.75 Å². The second-order valence-electron chi connectivity index (χ2n) is 6.24. The molecule has 1 aromatic carbocycles. The van der Waals surface area contributed by atoms with Crippen LogP contribution in [0.25, 0.3) is 0 Å². The first-order valence-corrected chi connectivity index (χ1v) is 8.91. The maximum atomic E-state index is 5.62. The number of aliphatic imine (C=N–C) groups is 1. The third-order valence-electron chi connectivity index (χ3n) is 4.80. The smallest absolute Gasteiger partial charge is 0.191 e. The zero-order chi connectivity index (χ0) is 17.3. The van der Waals surface area contributed by atoms with Crippen LogP contribution in [0.15, 0.2) is 29.3 Å². The maximum Gasteiger partial charge on any atom is 0.191 e.